The van der Waals surface area contributed by atoms with Crippen LogP contribution in [0.4, 0.5) is 10.1 Å². The van der Waals surface area contributed by atoms with Crippen LogP contribution in [0.3, 0.4) is 0 Å². The van der Waals surface area contributed by atoms with Gasteiger partial charge in [0.05, 0.1) is 0 Å². The van der Waals surface area contributed by atoms with Crippen LogP contribution in [0.5, 0.6) is 0 Å². The van der Waals surface area contributed by atoms with Gasteiger partial charge in [-0.1, -0.05) is 18.2 Å². The van der Waals surface area contributed by atoms with E-state index in [2.05, 4.69) is 9.98 Å². The molecule has 0 aliphatic carbocycles. The minimum absolute atomic E-state index is 0.00727. The Kier molecular flexibility index (Phi) is 2.95. The molecule has 0 unspecified atom stereocenters. The van der Waals surface area contributed by atoms with Gasteiger partial charge < -0.3 is 4.98 Å². The first-order chi connectivity index (χ1) is 8.16. The first kappa shape index (κ1) is 11.0. The van der Waals surface area contributed by atoms with Crippen molar-refractivity contribution in [2.24, 2.45) is 4.99 Å². The van der Waals surface area contributed by atoms with Crippen LogP contribution in [0.1, 0.15) is 5.56 Å². The highest BCUT2D eigenvalue weighted by Gasteiger charge is 1.99. The molecule has 17 heavy (non-hydrogen) atoms. The molecule has 6 heteroatoms. The smallest absolute Gasteiger partial charge is 0.312 e. The zero-order valence-corrected chi connectivity index (χ0v) is 8.61. The lowest BCUT2D eigenvalue weighted by molar-refractivity contribution is 0.626. The van der Waals surface area contributed by atoms with Crippen molar-refractivity contribution in [3.8, 4) is 0 Å². The first-order valence-electron chi connectivity index (χ1n) is 4.77. The van der Waals surface area contributed by atoms with Crippen LogP contribution < -0.4 is 11.2 Å². The Bertz CT molecular complexity index is 673. The summed E-state index contributed by atoms with van der Waals surface area (Å²) in [6.07, 6.45) is 2.39. The Morgan fingerprint density at radius 2 is 2.00 bits per heavy atom. The maximum absolute atomic E-state index is 13.2. The minimum Gasteiger partial charge on any atom is -0.312 e. The summed E-state index contributed by atoms with van der Waals surface area (Å²) in [4.78, 5) is 30.1. The van der Waals surface area contributed by atoms with E-state index in [0.29, 0.717) is 0 Å². The highest BCUT2D eigenvalue weighted by Crippen LogP contribution is 2.05. The molecule has 0 atom stereocenters. The lowest BCUT2D eigenvalue weighted by Gasteiger charge is -1.94. The molecule has 2 N–H and O–H groups in total. The van der Waals surface area contributed by atoms with Gasteiger partial charge in [-0.15, -0.1) is 0 Å². The van der Waals surface area contributed by atoms with Crippen molar-refractivity contribution in [1.82, 2.24) is 9.97 Å². The van der Waals surface area contributed by atoms with Gasteiger partial charge in [-0.05, 0) is 6.07 Å². The van der Waals surface area contributed by atoms with Gasteiger partial charge in [0.1, 0.15) is 11.5 Å². The standard InChI is InChI=1S/C11H8FN3O2/c12-8-4-2-1-3-7(8)5-13-9-6-14-11(17)15-10(9)16/h1-6H,(H2,14,15,16,17). The molecule has 2 aromatic rings. The normalized spacial score (nSPS) is 10.9. The second-order valence-electron chi connectivity index (χ2n) is 3.24. The molecule has 2 rings (SSSR count). The maximum atomic E-state index is 13.2. The van der Waals surface area contributed by atoms with Crippen LogP contribution in [0, 0.1) is 5.82 Å². The van der Waals surface area contributed by atoms with Crippen LogP contribution in [-0.4, -0.2) is 16.2 Å². The van der Waals surface area contributed by atoms with E-state index < -0.39 is 17.1 Å². The fourth-order valence-corrected chi connectivity index (χ4v) is 1.22. The third-order valence-corrected chi connectivity index (χ3v) is 2.05. The number of halogens is 1. The van der Waals surface area contributed by atoms with Crippen LogP contribution >= 0.6 is 0 Å². The monoisotopic (exact) mass is 233 g/mol. The molecule has 0 radical (unpaired) electrons. The number of rotatable bonds is 2. The van der Waals surface area contributed by atoms with E-state index in [1.165, 1.54) is 24.5 Å². The second-order valence-corrected chi connectivity index (χ2v) is 3.24. The van der Waals surface area contributed by atoms with E-state index in [1.54, 1.807) is 12.1 Å². The summed E-state index contributed by atoms with van der Waals surface area (Å²) in [5.41, 5.74) is -0.966. The number of benzene rings is 1. The summed E-state index contributed by atoms with van der Waals surface area (Å²) in [7, 11) is 0. The van der Waals surface area contributed by atoms with Crippen molar-refractivity contribution in [1.29, 1.82) is 0 Å². The summed E-state index contributed by atoms with van der Waals surface area (Å²) >= 11 is 0. The third kappa shape index (κ3) is 2.54. The molecular weight excluding hydrogens is 225 g/mol. The van der Waals surface area contributed by atoms with Gasteiger partial charge in [0.2, 0.25) is 0 Å². The third-order valence-electron chi connectivity index (χ3n) is 2.05. The molecule has 1 aromatic heterocycles. The Hall–Kier alpha value is -2.50. The van der Waals surface area contributed by atoms with Crippen molar-refractivity contribution >= 4 is 11.9 Å². The summed E-state index contributed by atoms with van der Waals surface area (Å²) in [6, 6.07) is 6.03. The zero-order chi connectivity index (χ0) is 12.3. The zero-order valence-electron chi connectivity index (χ0n) is 8.61. The highest BCUT2D eigenvalue weighted by molar-refractivity contribution is 5.81. The number of aromatic nitrogens is 2. The average molecular weight is 233 g/mol. The summed E-state index contributed by atoms with van der Waals surface area (Å²) < 4.78 is 13.2. The van der Waals surface area contributed by atoms with Gasteiger partial charge in [0.25, 0.3) is 5.56 Å². The Morgan fingerprint density at radius 3 is 2.71 bits per heavy atom. The van der Waals surface area contributed by atoms with Gasteiger partial charge in [0, 0.05) is 18.0 Å². The molecule has 0 saturated carbocycles. The topological polar surface area (TPSA) is 78.1 Å². The molecule has 0 fully saturated rings. The molecule has 0 spiro atoms. The van der Waals surface area contributed by atoms with Crippen molar-refractivity contribution in [2.75, 3.05) is 0 Å². The van der Waals surface area contributed by atoms with Crippen LogP contribution in [0.2, 0.25) is 0 Å². The molecular formula is C11H8FN3O2. The lowest BCUT2D eigenvalue weighted by Crippen LogP contribution is -2.20. The number of nitrogens with zero attached hydrogens (tertiary/aromatic N) is 1. The molecule has 5 nitrogen and oxygen atoms in total. The van der Waals surface area contributed by atoms with Gasteiger partial charge in [-0.25, -0.2) is 14.2 Å². The lowest BCUT2D eigenvalue weighted by atomic mass is 10.2. The molecule has 0 aliphatic heterocycles. The molecule has 1 aromatic carbocycles. The summed E-state index contributed by atoms with van der Waals surface area (Å²) in [5, 5.41) is 0. The largest absolute Gasteiger partial charge is 0.325 e. The summed E-state index contributed by atoms with van der Waals surface area (Å²) in [6.45, 7) is 0. The molecule has 0 saturated heterocycles. The number of H-pyrrole nitrogens is 2. The van der Waals surface area contributed by atoms with Crippen LogP contribution in [0.15, 0.2) is 45.0 Å². The highest BCUT2D eigenvalue weighted by atomic mass is 19.1. The number of hydrogen-bond acceptors (Lipinski definition) is 3. The van der Waals surface area contributed by atoms with Gasteiger partial charge in [-0.3, -0.25) is 9.78 Å². The van der Waals surface area contributed by atoms with Gasteiger partial charge in [0.15, 0.2) is 0 Å². The van der Waals surface area contributed by atoms with E-state index in [1.807, 2.05) is 4.98 Å². The van der Waals surface area contributed by atoms with E-state index in [4.69, 9.17) is 0 Å². The summed E-state index contributed by atoms with van der Waals surface area (Å²) in [5.74, 6) is -0.433. The predicted molar refractivity (Wildman–Crippen MR) is 61.3 cm³/mol. The number of aliphatic imine (C=N–C) groups is 1. The minimum atomic E-state index is -0.624. The SMILES string of the molecule is O=c1[nH]cc(N=Cc2ccccc2F)c(=O)[nH]1. The molecule has 0 bridgehead atoms. The molecule has 1 heterocycles. The van der Waals surface area contributed by atoms with E-state index in [9.17, 15) is 14.0 Å². The van der Waals surface area contributed by atoms with E-state index >= 15 is 0 Å². The maximum Gasteiger partial charge on any atom is 0.325 e. The first-order valence-corrected chi connectivity index (χ1v) is 4.77. The number of nitrogens with one attached hydrogen (secondary N) is 2. The fraction of sp³-hybridized carbons (Fsp3) is 0. The molecule has 0 amide bonds. The Labute approximate surface area is 94.7 Å². The second kappa shape index (κ2) is 4.56. The average Bonchev–Trinajstić information content (AvgIpc) is 2.30. The van der Waals surface area contributed by atoms with Crippen molar-refractivity contribution < 1.29 is 4.39 Å². The van der Waals surface area contributed by atoms with Crippen LogP contribution in [-0.2, 0) is 0 Å². The fourth-order valence-electron chi connectivity index (χ4n) is 1.22. The predicted octanol–water partition coefficient (Wildman–Crippen LogP) is 0.953. The van der Waals surface area contributed by atoms with Crippen molar-refractivity contribution in [3.63, 3.8) is 0 Å². The van der Waals surface area contributed by atoms with Crippen molar-refractivity contribution in [2.45, 2.75) is 0 Å². The number of hydrogen-bond donors (Lipinski definition) is 2. The van der Waals surface area contributed by atoms with Gasteiger partial charge >= 0.3 is 5.69 Å². The Morgan fingerprint density at radius 1 is 1.24 bits per heavy atom. The number of aromatic amines is 2. The van der Waals surface area contributed by atoms with Crippen molar-refractivity contribution in [3.05, 3.63) is 62.7 Å². The van der Waals surface area contributed by atoms with Crippen LogP contribution in [0.25, 0.3) is 0 Å². The molecule has 0 aliphatic rings. The van der Waals surface area contributed by atoms with E-state index in [0.717, 1.165) is 0 Å². The van der Waals surface area contributed by atoms with E-state index in [-0.39, 0.29) is 11.3 Å². The molecule has 86 valence electrons. The quantitative estimate of drug-likeness (QED) is 0.757. The van der Waals surface area contributed by atoms with Gasteiger partial charge in [-0.2, -0.15) is 0 Å². The Balaban J connectivity index is 2.36.